The monoisotopic (exact) mass is 320 g/mol. The van der Waals surface area contributed by atoms with Crippen LogP contribution in [0.15, 0.2) is 30.5 Å². The van der Waals surface area contributed by atoms with Gasteiger partial charge >= 0.3 is 0 Å². The van der Waals surface area contributed by atoms with Crippen LogP contribution in [-0.4, -0.2) is 19.8 Å². The van der Waals surface area contributed by atoms with E-state index in [0.717, 1.165) is 0 Å². The van der Waals surface area contributed by atoms with E-state index in [2.05, 4.69) is 26.9 Å². The third-order valence-corrected chi connectivity index (χ3v) is 2.89. The van der Waals surface area contributed by atoms with E-state index in [4.69, 9.17) is 16.4 Å². The van der Waals surface area contributed by atoms with Gasteiger partial charge in [-0.25, -0.2) is 0 Å². The summed E-state index contributed by atoms with van der Waals surface area (Å²) in [5.41, 5.74) is 1.62. The maximum Gasteiger partial charge on any atom is 0.236 e. The summed E-state index contributed by atoms with van der Waals surface area (Å²) >= 11 is 2.90. The van der Waals surface area contributed by atoms with Crippen molar-refractivity contribution in [3.63, 3.8) is 0 Å². The number of hydrogen-bond acceptors (Lipinski definition) is 4. The van der Waals surface area contributed by atoms with Crippen LogP contribution in [0.4, 0.5) is 0 Å². The van der Waals surface area contributed by atoms with Crippen LogP contribution in [0.5, 0.6) is 5.88 Å². The van der Waals surface area contributed by atoms with Crippen LogP contribution in [0.2, 0.25) is 0 Å². The van der Waals surface area contributed by atoms with Crippen LogP contribution in [0.3, 0.4) is 0 Å². The molecule has 1 heterocycles. The summed E-state index contributed by atoms with van der Waals surface area (Å²) in [5.74, 6) is 2.74. The molecule has 0 bridgehead atoms. The molecule has 0 saturated carbocycles. The largest absolute Gasteiger partial charge is 0.472 e. The summed E-state index contributed by atoms with van der Waals surface area (Å²) in [4.78, 5) is 12.1. The Morgan fingerprint density at radius 3 is 2.89 bits per heavy atom. The van der Waals surface area contributed by atoms with Crippen molar-refractivity contribution in [2.45, 2.75) is 6.61 Å². The second-order valence-corrected chi connectivity index (χ2v) is 4.33. The summed E-state index contributed by atoms with van der Waals surface area (Å²) in [6.45, 7) is 0.0874. The third kappa shape index (κ3) is 2.95. The summed E-state index contributed by atoms with van der Waals surface area (Å²) in [5, 5.41) is 12.7. The summed E-state index contributed by atoms with van der Waals surface area (Å²) in [6.07, 6.45) is 6.73. The van der Waals surface area contributed by atoms with E-state index < -0.39 is 0 Å². The first-order chi connectivity index (χ1) is 9.11. The Bertz CT molecular complexity index is 658. The third-order valence-electron chi connectivity index (χ3n) is 2.46. The second-order valence-electron chi connectivity index (χ2n) is 3.61. The molecule has 0 unspecified atom stereocenters. The molecule has 2 aromatic rings. The lowest BCUT2D eigenvalue weighted by molar-refractivity contribution is 0.109. The van der Waals surface area contributed by atoms with E-state index in [1.807, 2.05) is 0 Å². The van der Waals surface area contributed by atoms with Gasteiger partial charge in [0.25, 0.3) is 0 Å². The molecule has 0 spiro atoms. The zero-order valence-corrected chi connectivity index (χ0v) is 11.3. The summed E-state index contributed by atoms with van der Waals surface area (Å²) in [7, 11) is 0. The lowest BCUT2D eigenvalue weighted by Gasteiger charge is -2.09. The van der Waals surface area contributed by atoms with Gasteiger partial charge < -0.3 is 9.94 Å². The highest BCUT2D eigenvalue weighted by molar-refractivity contribution is 9.18. The van der Waals surface area contributed by atoms with Crippen LogP contribution in [0.25, 0.3) is 0 Å². The Kier molecular flexibility index (Phi) is 3.88. The van der Waals surface area contributed by atoms with Gasteiger partial charge in [0.2, 0.25) is 10.6 Å². The first kappa shape index (κ1) is 13.2. The van der Waals surface area contributed by atoms with E-state index in [9.17, 15) is 4.79 Å². The molecule has 0 saturated heterocycles. The van der Waals surface area contributed by atoms with Crippen molar-refractivity contribution in [2.75, 3.05) is 0 Å². The fourth-order valence-corrected chi connectivity index (χ4v) is 1.95. The molecule has 5 nitrogen and oxygen atoms in total. The molecule has 0 aliphatic rings. The lowest BCUT2D eigenvalue weighted by Crippen LogP contribution is -2.05. The minimum absolute atomic E-state index is 0.0874. The van der Waals surface area contributed by atoms with Gasteiger partial charge in [-0.05, 0) is 28.1 Å². The summed E-state index contributed by atoms with van der Waals surface area (Å²) in [6, 6.07) is 6.58. The van der Waals surface area contributed by atoms with Crippen LogP contribution in [-0.2, 0) is 6.61 Å². The van der Waals surface area contributed by atoms with E-state index in [0.29, 0.717) is 21.5 Å². The van der Waals surface area contributed by atoms with Gasteiger partial charge in [0.05, 0.1) is 6.20 Å². The van der Waals surface area contributed by atoms with Crippen molar-refractivity contribution in [1.29, 1.82) is 0 Å². The Balaban J connectivity index is 2.28. The Morgan fingerprint density at radius 2 is 2.32 bits per heavy atom. The van der Waals surface area contributed by atoms with Crippen LogP contribution in [0.1, 0.15) is 21.5 Å². The molecule has 6 heteroatoms. The number of halogens is 1. The highest BCUT2D eigenvalue weighted by atomic mass is 79.9. The lowest BCUT2D eigenvalue weighted by atomic mass is 10.0. The van der Waals surface area contributed by atoms with Gasteiger partial charge in [-0.1, -0.05) is 17.1 Å². The standard InChI is InChI=1S/C13H9BrN2O3/c1-2-9-4-3-5-10(13(14)17)11(9)8-19-12-6-7-16(18)15-12/h1,3-7,18H,8H2. The molecular formula is C13H9BrN2O3. The molecule has 1 N–H and O–H groups in total. The average Bonchev–Trinajstić information content (AvgIpc) is 2.81. The highest BCUT2D eigenvalue weighted by Gasteiger charge is 2.13. The number of nitrogens with zero attached hydrogens (tertiary/aromatic N) is 2. The topological polar surface area (TPSA) is 64.3 Å². The van der Waals surface area contributed by atoms with Crippen molar-refractivity contribution in [3.8, 4) is 18.2 Å². The van der Waals surface area contributed by atoms with E-state index in [1.165, 1.54) is 12.3 Å². The number of hydrogen-bond donors (Lipinski definition) is 1. The quantitative estimate of drug-likeness (QED) is 0.533. The number of ether oxygens (including phenoxy) is 1. The van der Waals surface area contributed by atoms with Gasteiger partial charge in [-0.3, -0.25) is 4.79 Å². The fourth-order valence-electron chi connectivity index (χ4n) is 1.58. The minimum Gasteiger partial charge on any atom is -0.472 e. The molecule has 1 aromatic carbocycles. The van der Waals surface area contributed by atoms with Crippen molar-refractivity contribution in [1.82, 2.24) is 9.94 Å². The van der Waals surface area contributed by atoms with Crippen molar-refractivity contribution in [3.05, 3.63) is 47.2 Å². The molecule has 0 radical (unpaired) electrons. The zero-order valence-electron chi connectivity index (χ0n) is 9.71. The number of carbonyl (C=O) groups excluding carboxylic acids is 1. The number of rotatable bonds is 4. The molecule has 0 atom stereocenters. The number of terminal acetylenes is 1. The number of carbonyl (C=O) groups is 1. The number of aromatic nitrogens is 2. The van der Waals surface area contributed by atoms with Gasteiger partial charge in [-0.15, -0.1) is 11.3 Å². The van der Waals surface area contributed by atoms with Crippen molar-refractivity contribution >= 4 is 20.6 Å². The second kappa shape index (κ2) is 5.59. The van der Waals surface area contributed by atoms with Crippen LogP contribution < -0.4 is 4.74 Å². The smallest absolute Gasteiger partial charge is 0.236 e. The molecular weight excluding hydrogens is 312 g/mol. The Morgan fingerprint density at radius 1 is 1.53 bits per heavy atom. The highest BCUT2D eigenvalue weighted by Crippen LogP contribution is 2.19. The zero-order chi connectivity index (χ0) is 13.8. The van der Waals surface area contributed by atoms with Crippen LogP contribution in [0, 0.1) is 12.3 Å². The maximum absolute atomic E-state index is 11.5. The fraction of sp³-hybridized carbons (Fsp3) is 0.0769. The molecule has 2 rings (SSSR count). The Labute approximate surface area is 117 Å². The Hall–Kier alpha value is -2.26. The first-order valence-corrected chi connectivity index (χ1v) is 6.07. The SMILES string of the molecule is C#Cc1cccc(C(=O)Br)c1COc1ccn(O)n1. The van der Waals surface area contributed by atoms with Gasteiger partial charge in [0.15, 0.2) is 0 Å². The molecule has 0 amide bonds. The molecule has 1 aromatic heterocycles. The van der Waals surface area contributed by atoms with Crippen molar-refractivity contribution < 1.29 is 14.7 Å². The van der Waals surface area contributed by atoms with Gasteiger partial charge in [0, 0.05) is 22.8 Å². The van der Waals surface area contributed by atoms with E-state index >= 15 is 0 Å². The van der Waals surface area contributed by atoms with Gasteiger partial charge in [-0.2, -0.15) is 0 Å². The first-order valence-electron chi connectivity index (χ1n) is 5.28. The van der Waals surface area contributed by atoms with E-state index in [-0.39, 0.29) is 17.2 Å². The molecule has 19 heavy (non-hydrogen) atoms. The number of benzene rings is 1. The van der Waals surface area contributed by atoms with E-state index in [1.54, 1.807) is 18.2 Å². The molecule has 0 fully saturated rings. The average molecular weight is 321 g/mol. The van der Waals surface area contributed by atoms with Crippen LogP contribution >= 0.6 is 15.9 Å². The molecule has 96 valence electrons. The summed E-state index contributed by atoms with van der Waals surface area (Å²) < 4.78 is 5.12. The normalized spacial score (nSPS) is 9.89. The predicted molar refractivity (Wildman–Crippen MR) is 71.4 cm³/mol. The van der Waals surface area contributed by atoms with Gasteiger partial charge in [0.1, 0.15) is 6.61 Å². The minimum atomic E-state index is -0.268. The maximum atomic E-state index is 11.5. The predicted octanol–water partition coefficient (Wildman–Crippen LogP) is 2.22. The molecule has 0 aliphatic carbocycles. The molecule has 0 aliphatic heterocycles. The van der Waals surface area contributed by atoms with Crippen molar-refractivity contribution in [2.24, 2.45) is 0 Å².